The van der Waals surface area contributed by atoms with Gasteiger partial charge >= 0.3 is 0 Å². The van der Waals surface area contributed by atoms with E-state index in [1.165, 1.54) is 12.1 Å². The molecule has 2 N–H and O–H groups in total. The molecule has 0 aliphatic heterocycles. The second kappa shape index (κ2) is 4.20. The molecule has 19 heavy (non-hydrogen) atoms. The zero-order valence-corrected chi connectivity index (χ0v) is 10.8. The van der Waals surface area contributed by atoms with Crippen molar-refractivity contribution < 1.29 is 4.39 Å². The minimum Gasteiger partial charge on any atom is -0.369 e. The molecule has 0 radical (unpaired) electrons. The summed E-state index contributed by atoms with van der Waals surface area (Å²) in [6.45, 7) is 1.93. The van der Waals surface area contributed by atoms with Gasteiger partial charge in [-0.15, -0.1) is 0 Å². The van der Waals surface area contributed by atoms with Gasteiger partial charge in [0, 0.05) is 6.20 Å². The number of anilines is 1. The predicted molar refractivity (Wildman–Crippen MR) is 73.0 cm³/mol. The van der Waals surface area contributed by atoms with Crippen LogP contribution in [-0.2, 0) is 0 Å². The molecule has 4 nitrogen and oxygen atoms in total. The normalized spacial score (nSPS) is 11.1. The van der Waals surface area contributed by atoms with Crippen LogP contribution in [0.4, 0.5) is 10.3 Å². The van der Waals surface area contributed by atoms with Gasteiger partial charge in [-0.2, -0.15) is 0 Å². The van der Waals surface area contributed by atoms with E-state index in [0.717, 1.165) is 11.1 Å². The largest absolute Gasteiger partial charge is 0.369 e. The summed E-state index contributed by atoms with van der Waals surface area (Å²) < 4.78 is 14.9. The van der Waals surface area contributed by atoms with E-state index < -0.39 is 5.82 Å². The third kappa shape index (κ3) is 1.82. The van der Waals surface area contributed by atoms with Crippen molar-refractivity contribution in [1.29, 1.82) is 0 Å². The van der Waals surface area contributed by atoms with Gasteiger partial charge in [-0.1, -0.05) is 11.6 Å². The molecular formula is C13H10ClFN4. The summed E-state index contributed by atoms with van der Waals surface area (Å²) in [6, 6.07) is 6.23. The Hall–Kier alpha value is -2.14. The van der Waals surface area contributed by atoms with Crippen molar-refractivity contribution in [3.8, 4) is 5.69 Å². The number of hydrogen-bond donors (Lipinski definition) is 1. The summed E-state index contributed by atoms with van der Waals surface area (Å²) in [5.41, 5.74) is 8.87. The molecule has 6 heteroatoms. The number of rotatable bonds is 1. The number of hydrogen-bond acceptors (Lipinski definition) is 3. The molecule has 3 aromatic rings. The van der Waals surface area contributed by atoms with Crippen LogP contribution in [-0.4, -0.2) is 14.5 Å². The highest BCUT2D eigenvalue weighted by Crippen LogP contribution is 2.26. The van der Waals surface area contributed by atoms with Crippen LogP contribution in [0.25, 0.3) is 16.9 Å². The Kier molecular flexibility index (Phi) is 2.64. The Bertz CT molecular complexity index is 782. The predicted octanol–water partition coefficient (Wildman–Crippen LogP) is 3.10. The lowest BCUT2D eigenvalue weighted by Crippen LogP contribution is -2.01. The molecule has 96 valence electrons. The maximum absolute atomic E-state index is 13.2. The number of benzene rings is 1. The molecule has 0 spiro atoms. The first-order valence-corrected chi connectivity index (χ1v) is 6.00. The smallest absolute Gasteiger partial charge is 0.207 e. The molecule has 0 atom stereocenters. The summed E-state index contributed by atoms with van der Waals surface area (Å²) in [6.07, 6.45) is 1.68. The molecular weight excluding hydrogens is 267 g/mol. The molecule has 0 saturated carbocycles. The van der Waals surface area contributed by atoms with Crippen molar-refractivity contribution >= 4 is 28.7 Å². The molecule has 2 aromatic heterocycles. The van der Waals surface area contributed by atoms with Crippen molar-refractivity contribution in [2.45, 2.75) is 6.92 Å². The molecule has 0 fully saturated rings. The zero-order valence-electron chi connectivity index (χ0n) is 10.1. The number of fused-ring (bicyclic) bond motifs is 1. The van der Waals surface area contributed by atoms with Crippen LogP contribution in [0.3, 0.4) is 0 Å². The maximum atomic E-state index is 13.2. The molecule has 0 aliphatic carbocycles. The number of nitrogen functional groups attached to an aromatic ring is 1. The lowest BCUT2D eigenvalue weighted by Gasteiger charge is -2.06. The average molecular weight is 277 g/mol. The summed E-state index contributed by atoms with van der Waals surface area (Å²) in [7, 11) is 0. The lowest BCUT2D eigenvalue weighted by atomic mass is 10.2. The second-order valence-corrected chi connectivity index (χ2v) is 4.61. The number of imidazole rings is 1. The standard InChI is InChI=1S/C13H10ClFN4/c1-7-4-5-17-12-11(7)18-13(16)19(12)8-2-3-10(15)9(14)6-8/h2-6H,1H3,(H2,16,18). The van der Waals surface area contributed by atoms with Crippen molar-refractivity contribution in [3.05, 3.63) is 46.9 Å². The van der Waals surface area contributed by atoms with Crippen molar-refractivity contribution in [2.75, 3.05) is 5.73 Å². The Labute approximate surface area is 113 Å². The van der Waals surface area contributed by atoms with Crippen molar-refractivity contribution in [2.24, 2.45) is 0 Å². The Morgan fingerprint density at radius 2 is 2.11 bits per heavy atom. The van der Waals surface area contributed by atoms with Gasteiger partial charge in [-0.05, 0) is 36.8 Å². The van der Waals surface area contributed by atoms with Crippen LogP contribution in [0.1, 0.15) is 5.56 Å². The van der Waals surface area contributed by atoms with E-state index in [-0.39, 0.29) is 5.02 Å². The maximum Gasteiger partial charge on any atom is 0.207 e. The number of nitrogens with zero attached hydrogens (tertiary/aromatic N) is 3. The van der Waals surface area contributed by atoms with E-state index in [1.807, 2.05) is 13.0 Å². The van der Waals surface area contributed by atoms with Gasteiger partial charge in [0.1, 0.15) is 11.3 Å². The van der Waals surface area contributed by atoms with Crippen molar-refractivity contribution in [1.82, 2.24) is 14.5 Å². The minimum absolute atomic E-state index is 0.0337. The number of aromatic nitrogens is 3. The lowest BCUT2D eigenvalue weighted by molar-refractivity contribution is 0.628. The van der Waals surface area contributed by atoms with Crippen LogP contribution in [0.2, 0.25) is 5.02 Å². The highest BCUT2D eigenvalue weighted by Gasteiger charge is 2.13. The Morgan fingerprint density at radius 3 is 2.84 bits per heavy atom. The SMILES string of the molecule is Cc1ccnc2c1nc(N)n2-c1ccc(F)c(Cl)c1. The molecule has 0 amide bonds. The van der Waals surface area contributed by atoms with E-state index in [4.69, 9.17) is 17.3 Å². The van der Waals surface area contributed by atoms with Gasteiger partial charge in [-0.3, -0.25) is 4.57 Å². The third-order valence-corrected chi connectivity index (χ3v) is 3.22. The Balaban J connectivity index is 2.33. The van der Waals surface area contributed by atoms with E-state index in [1.54, 1.807) is 16.8 Å². The van der Waals surface area contributed by atoms with Gasteiger partial charge in [0.15, 0.2) is 5.65 Å². The number of nitrogens with two attached hydrogens (primary N) is 1. The summed E-state index contributed by atoms with van der Waals surface area (Å²) in [4.78, 5) is 8.56. The molecule has 0 bridgehead atoms. The summed E-state index contributed by atoms with van der Waals surface area (Å²) in [5.74, 6) is -0.183. The van der Waals surface area contributed by atoms with Gasteiger partial charge in [0.05, 0.1) is 10.7 Å². The van der Waals surface area contributed by atoms with E-state index >= 15 is 0 Å². The second-order valence-electron chi connectivity index (χ2n) is 4.20. The highest BCUT2D eigenvalue weighted by atomic mass is 35.5. The van der Waals surface area contributed by atoms with Gasteiger partial charge in [-0.25, -0.2) is 14.4 Å². The molecule has 0 unspecified atom stereocenters. The monoisotopic (exact) mass is 276 g/mol. The fourth-order valence-corrected chi connectivity index (χ4v) is 2.16. The molecule has 1 aromatic carbocycles. The van der Waals surface area contributed by atoms with E-state index in [2.05, 4.69) is 9.97 Å². The molecule has 3 rings (SSSR count). The fraction of sp³-hybridized carbons (Fsp3) is 0.0769. The van der Waals surface area contributed by atoms with Gasteiger partial charge < -0.3 is 5.73 Å². The van der Waals surface area contributed by atoms with Crippen LogP contribution in [0.5, 0.6) is 0 Å². The summed E-state index contributed by atoms with van der Waals surface area (Å²) >= 11 is 5.80. The minimum atomic E-state index is -0.474. The van der Waals surface area contributed by atoms with Crippen LogP contribution in [0, 0.1) is 12.7 Å². The number of pyridine rings is 1. The first-order chi connectivity index (χ1) is 9.08. The number of halogens is 2. The van der Waals surface area contributed by atoms with E-state index in [9.17, 15) is 4.39 Å². The third-order valence-electron chi connectivity index (χ3n) is 2.94. The van der Waals surface area contributed by atoms with Crippen LogP contribution in [0.15, 0.2) is 30.5 Å². The number of aryl methyl sites for hydroxylation is 1. The first-order valence-electron chi connectivity index (χ1n) is 5.63. The van der Waals surface area contributed by atoms with Gasteiger partial charge in [0.2, 0.25) is 5.95 Å². The van der Waals surface area contributed by atoms with Crippen molar-refractivity contribution in [3.63, 3.8) is 0 Å². The summed E-state index contributed by atoms with van der Waals surface area (Å²) in [5, 5.41) is 0.0337. The quantitative estimate of drug-likeness (QED) is 0.743. The van der Waals surface area contributed by atoms with Crippen LogP contribution >= 0.6 is 11.6 Å². The Morgan fingerprint density at radius 1 is 1.32 bits per heavy atom. The molecule has 2 heterocycles. The van der Waals surface area contributed by atoms with E-state index in [0.29, 0.717) is 17.3 Å². The van der Waals surface area contributed by atoms with Crippen LogP contribution < -0.4 is 5.73 Å². The first kappa shape index (κ1) is 11.9. The van der Waals surface area contributed by atoms with Gasteiger partial charge in [0.25, 0.3) is 0 Å². The topological polar surface area (TPSA) is 56.7 Å². The average Bonchev–Trinajstić information content (AvgIpc) is 2.71. The fourth-order valence-electron chi connectivity index (χ4n) is 1.99. The highest BCUT2D eigenvalue weighted by molar-refractivity contribution is 6.30. The zero-order chi connectivity index (χ0) is 13.6. The molecule has 0 aliphatic rings. The molecule has 0 saturated heterocycles.